The van der Waals surface area contributed by atoms with E-state index in [1.54, 1.807) is 0 Å². The van der Waals surface area contributed by atoms with Crippen LogP contribution in [0.4, 0.5) is 0 Å². The van der Waals surface area contributed by atoms with Crippen molar-refractivity contribution in [2.45, 2.75) is 277 Å². The molecule has 0 heterocycles. The number of ether oxygens (including phenoxy) is 3. The quantitative estimate of drug-likeness (QED) is 0.0263. The maximum Gasteiger partial charge on any atom is 0.306 e. The van der Waals surface area contributed by atoms with Gasteiger partial charge < -0.3 is 14.2 Å². The molecule has 0 unspecified atom stereocenters. The Morgan fingerprint density at radius 2 is 0.569 bits per heavy atom. The van der Waals surface area contributed by atoms with Crippen LogP contribution < -0.4 is 0 Å². The third-order valence-electron chi connectivity index (χ3n) is 11.2. The van der Waals surface area contributed by atoms with Crippen molar-refractivity contribution in [2.75, 3.05) is 13.2 Å². The Morgan fingerprint density at radius 3 is 0.914 bits per heavy atom. The van der Waals surface area contributed by atoms with Gasteiger partial charge in [0.2, 0.25) is 0 Å². The van der Waals surface area contributed by atoms with Gasteiger partial charge in [0.05, 0.1) is 0 Å². The lowest BCUT2D eigenvalue weighted by Crippen LogP contribution is -2.30. The third-order valence-corrected chi connectivity index (χ3v) is 11.2. The van der Waals surface area contributed by atoms with Gasteiger partial charge in [-0.25, -0.2) is 0 Å². The van der Waals surface area contributed by atoms with Gasteiger partial charge in [-0.3, -0.25) is 14.4 Å². The van der Waals surface area contributed by atoms with E-state index in [0.717, 1.165) is 70.6 Å². The fourth-order valence-electron chi connectivity index (χ4n) is 7.31. The Hall–Kier alpha value is -2.11. The highest BCUT2D eigenvalue weighted by molar-refractivity contribution is 5.71. The monoisotopic (exact) mass is 817 g/mol. The fourth-order valence-corrected chi connectivity index (χ4v) is 7.31. The maximum atomic E-state index is 12.8. The normalized spacial score (nSPS) is 12.1. The van der Waals surface area contributed by atoms with E-state index in [0.29, 0.717) is 19.3 Å². The van der Waals surface area contributed by atoms with Gasteiger partial charge in [-0.1, -0.05) is 206 Å². The molecular formula is C52H96O6. The number of carbonyl (C=O) groups excluding carboxylic acids is 3. The first-order valence-corrected chi connectivity index (χ1v) is 25.3. The van der Waals surface area contributed by atoms with Crippen molar-refractivity contribution >= 4 is 17.9 Å². The van der Waals surface area contributed by atoms with Crippen LogP contribution in [0.1, 0.15) is 271 Å². The first kappa shape index (κ1) is 55.9. The minimum absolute atomic E-state index is 0.0736. The molecule has 0 aliphatic heterocycles. The van der Waals surface area contributed by atoms with Gasteiger partial charge in [-0.2, -0.15) is 0 Å². The second-order valence-electron chi connectivity index (χ2n) is 17.1. The van der Waals surface area contributed by atoms with Crippen molar-refractivity contribution in [3.8, 4) is 0 Å². The third kappa shape index (κ3) is 45.0. The number of rotatable bonds is 46. The highest BCUT2D eigenvalue weighted by atomic mass is 16.6. The van der Waals surface area contributed by atoms with Crippen molar-refractivity contribution in [2.24, 2.45) is 0 Å². The molecule has 0 saturated heterocycles. The zero-order valence-electron chi connectivity index (χ0n) is 38.8. The van der Waals surface area contributed by atoms with Crippen LogP contribution >= 0.6 is 0 Å². The van der Waals surface area contributed by atoms with Crippen LogP contribution in [0.5, 0.6) is 0 Å². The number of allylic oxidation sites excluding steroid dienone is 4. The van der Waals surface area contributed by atoms with E-state index in [1.165, 1.54) is 161 Å². The Labute approximate surface area is 360 Å². The molecule has 0 radical (unpaired) electrons. The van der Waals surface area contributed by atoms with Crippen molar-refractivity contribution in [3.05, 3.63) is 24.3 Å². The molecule has 6 nitrogen and oxygen atoms in total. The summed E-state index contributed by atoms with van der Waals surface area (Å²) in [6.45, 7) is 6.61. The van der Waals surface area contributed by atoms with E-state index in [1.807, 2.05) is 0 Å². The molecule has 0 aliphatic carbocycles. The van der Waals surface area contributed by atoms with Crippen LogP contribution in [0.3, 0.4) is 0 Å². The van der Waals surface area contributed by atoms with Gasteiger partial charge in [0.1, 0.15) is 13.2 Å². The average molecular weight is 817 g/mol. The molecule has 0 fully saturated rings. The van der Waals surface area contributed by atoms with E-state index in [9.17, 15) is 14.4 Å². The summed E-state index contributed by atoms with van der Waals surface area (Å²) in [6.07, 6.45) is 53.0. The SMILES string of the molecule is CCCCC/C=C\CCCCCCCC(=O)OC[C@H](COC(=O)CCCCCCCCCCCCCCCCC)OC(=O)CCCCCCC/C=C\CCCCCC. The van der Waals surface area contributed by atoms with Crippen molar-refractivity contribution < 1.29 is 28.6 Å². The van der Waals surface area contributed by atoms with E-state index in [-0.39, 0.29) is 31.1 Å². The topological polar surface area (TPSA) is 78.9 Å². The summed E-state index contributed by atoms with van der Waals surface area (Å²) in [5.41, 5.74) is 0. The van der Waals surface area contributed by atoms with Crippen LogP contribution in [-0.4, -0.2) is 37.2 Å². The Balaban J connectivity index is 4.35. The number of esters is 3. The molecule has 0 aromatic carbocycles. The molecule has 58 heavy (non-hydrogen) atoms. The summed E-state index contributed by atoms with van der Waals surface area (Å²) < 4.78 is 16.8. The van der Waals surface area contributed by atoms with Crippen LogP contribution in [0.2, 0.25) is 0 Å². The molecule has 0 bridgehead atoms. The fraction of sp³-hybridized carbons (Fsp3) is 0.865. The van der Waals surface area contributed by atoms with Crippen LogP contribution in [-0.2, 0) is 28.6 Å². The molecule has 0 spiro atoms. The highest BCUT2D eigenvalue weighted by Gasteiger charge is 2.19. The molecule has 0 aromatic heterocycles. The van der Waals surface area contributed by atoms with E-state index in [2.05, 4.69) is 45.1 Å². The van der Waals surface area contributed by atoms with Crippen LogP contribution in [0.15, 0.2) is 24.3 Å². The molecule has 0 amide bonds. The lowest BCUT2D eigenvalue weighted by atomic mass is 10.0. The van der Waals surface area contributed by atoms with Crippen LogP contribution in [0.25, 0.3) is 0 Å². The van der Waals surface area contributed by atoms with E-state index in [4.69, 9.17) is 14.2 Å². The lowest BCUT2D eigenvalue weighted by molar-refractivity contribution is -0.167. The largest absolute Gasteiger partial charge is 0.462 e. The smallest absolute Gasteiger partial charge is 0.306 e. The van der Waals surface area contributed by atoms with Crippen LogP contribution in [0, 0.1) is 0 Å². The predicted octanol–water partition coefficient (Wildman–Crippen LogP) is 16.4. The van der Waals surface area contributed by atoms with Gasteiger partial charge >= 0.3 is 17.9 Å². The molecule has 6 heteroatoms. The Bertz CT molecular complexity index is 942. The second-order valence-corrected chi connectivity index (χ2v) is 17.1. The molecule has 340 valence electrons. The second kappa shape index (κ2) is 47.6. The first-order chi connectivity index (χ1) is 28.5. The molecule has 0 N–H and O–H groups in total. The van der Waals surface area contributed by atoms with Gasteiger partial charge in [-0.05, 0) is 70.6 Å². The van der Waals surface area contributed by atoms with Gasteiger partial charge in [0.25, 0.3) is 0 Å². The molecule has 1 atom stereocenters. The number of hydrogen-bond donors (Lipinski definition) is 0. The number of unbranched alkanes of at least 4 members (excludes halogenated alkanes) is 31. The number of carbonyl (C=O) groups is 3. The van der Waals surface area contributed by atoms with Crippen molar-refractivity contribution in [3.63, 3.8) is 0 Å². The molecule has 0 aliphatic rings. The highest BCUT2D eigenvalue weighted by Crippen LogP contribution is 2.15. The minimum atomic E-state index is -0.773. The Morgan fingerprint density at radius 1 is 0.328 bits per heavy atom. The van der Waals surface area contributed by atoms with E-state index >= 15 is 0 Å². The zero-order chi connectivity index (χ0) is 42.3. The molecule has 0 saturated carbocycles. The average Bonchev–Trinajstić information content (AvgIpc) is 3.22. The minimum Gasteiger partial charge on any atom is -0.462 e. The summed E-state index contributed by atoms with van der Waals surface area (Å²) in [5.74, 6) is -0.881. The molecular weight excluding hydrogens is 721 g/mol. The lowest BCUT2D eigenvalue weighted by Gasteiger charge is -2.18. The van der Waals surface area contributed by atoms with Crippen molar-refractivity contribution in [1.29, 1.82) is 0 Å². The van der Waals surface area contributed by atoms with Crippen molar-refractivity contribution in [1.82, 2.24) is 0 Å². The summed E-state index contributed by atoms with van der Waals surface area (Å²) in [5, 5.41) is 0. The van der Waals surface area contributed by atoms with E-state index < -0.39 is 6.10 Å². The molecule has 0 rings (SSSR count). The first-order valence-electron chi connectivity index (χ1n) is 25.3. The van der Waals surface area contributed by atoms with Gasteiger partial charge in [-0.15, -0.1) is 0 Å². The summed E-state index contributed by atoms with van der Waals surface area (Å²) >= 11 is 0. The number of hydrogen-bond acceptors (Lipinski definition) is 6. The summed E-state index contributed by atoms with van der Waals surface area (Å²) in [7, 11) is 0. The maximum absolute atomic E-state index is 12.8. The summed E-state index contributed by atoms with van der Waals surface area (Å²) in [6, 6.07) is 0. The zero-order valence-corrected chi connectivity index (χ0v) is 38.8. The molecule has 0 aromatic rings. The standard InChI is InChI=1S/C52H96O6/c1-4-7-10-13-16-19-22-25-26-28-30-33-36-39-42-45-51(54)57-48-49(47-56-50(53)44-41-38-35-32-29-24-21-18-15-12-9-6-3)58-52(55)46-43-40-37-34-31-27-23-20-17-14-11-8-5-2/h18,20-21,23,49H,4-17,19,22,24-48H2,1-3H3/b21-18-,23-20-/t49-/m1/s1. The predicted molar refractivity (Wildman–Crippen MR) is 247 cm³/mol. The Kier molecular flexibility index (Phi) is 45.8. The van der Waals surface area contributed by atoms with Gasteiger partial charge in [0, 0.05) is 19.3 Å². The summed E-state index contributed by atoms with van der Waals surface area (Å²) in [4.78, 5) is 37.9. The van der Waals surface area contributed by atoms with Gasteiger partial charge in [0.15, 0.2) is 6.10 Å².